The molecule has 19 heavy (non-hydrogen) atoms. The van der Waals surface area contributed by atoms with E-state index in [0.29, 0.717) is 5.56 Å². The summed E-state index contributed by atoms with van der Waals surface area (Å²) >= 11 is 0.740. The summed E-state index contributed by atoms with van der Waals surface area (Å²) in [5, 5.41) is 3.13. The first kappa shape index (κ1) is 13.5. The number of benzene rings is 1. The van der Waals surface area contributed by atoms with E-state index in [-0.39, 0.29) is 5.13 Å². The summed E-state index contributed by atoms with van der Waals surface area (Å²) in [5.41, 5.74) is 0.358. The second-order valence-electron chi connectivity index (χ2n) is 3.86. The van der Waals surface area contributed by atoms with Crippen LogP contribution in [0.2, 0.25) is 0 Å². The summed E-state index contributed by atoms with van der Waals surface area (Å²) in [4.78, 5) is 15.1. The van der Waals surface area contributed by atoms with Crippen LogP contribution in [0, 0.1) is 6.92 Å². The number of hydrogen-bond donors (Lipinski definition) is 1. The predicted octanol–water partition coefficient (Wildman–Crippen LogP) is 3.72. The lowest BCUT2D eigenvalue weighted by molar-refractivity contribution is -0.140. The van der Waals surface area contributed by atoms with E-state index in [1.54, 1.807) is 24.3 Å². The Hall–Kier alpha value is -1.89. The number of amides is 1. The van der Waals surface area contributed by atoms with Crippen molar-refractivity contribution in [2.75, 3.05) is 5.32 Å². The zero-order chi connectivity index (χ0) is 14.0. The van der Waals surface area contributed by atoms with Crippen LogP contribution in [0.3, 0.4) is 0 Å². The van der Waals surface area contributed by atoms with Crippen molar-refractivity contribution in [3.8, 4) is 0 Å². The van der Waals surface area contributed by atoms with Gasteiger partial charge in [-0.15, -0.1) is 11.3 Å². The molecule has 1 N–H and O–H groups in total. The number of anilines is 1. The van der Waals surface area contributed by atoms with Crippen LogP contribution in [0.1, 0.15) is 21.6 Å². The summed E-state index contributed by atoms with van der Waals surface area (Å²) < 4.78 is 37.0. The van der Waals surface area contributed by atoms with Gasteiger partial charge in [-0.3, -0.25) is 10.1 Å². The number of halogens is 3. The predicted molar refractivity (Wildman–Crippen MR) is 66.2 cm³/mol. The van der Waals surface area contributed by atoms with E-state index in [4.69, 9.17) is 0 Å². The first-order valence-electron chi connectivity index (χ1n) is 5.27. The van der Waals surface area contributed by atoms with Gasteiger partial charge >= 0.3 is 6.18 Å². The van der Waals surface area contributed by atoms with Crippen LogP contribution in [0.5, 0.6) is 0 Å². The molecule has 0 saturated carbocycles. The monoisotopic (exact) mass is 286 g/mol. The molecular formula is C12H9F3N2OS. The Bertz CT molecular complexity index is 590. The highest BCUT2D eigenvalue weighted by molar-refractivity contribution is 7.14. The van der Waals surface area contributed by atoms with E-state index < -0.39 is 17.8 Å². The molecule has 1 aromatic carbocycles. The molecule has 2 rings (SSSR count). The van der Waals surface area contributed by atoms with Crippen molar-refractivity contribution < 1.29 is 18.0 Å². The van der Waals surface area contributed by atoms with E-state index >= 15 is 0 Å². The number of aryl methyl sites for hydroxylation is 1. The van der Waals surface area contributed by atoms with Crippen molar-refractivity contribution in [3.05, 3.63) is 46.5 Å². The average molecular weight is 286 g/mol. The highest BCUT2D eigenvalue weighted by Gasteiger charge is 2.33. The minimum absolute atomic E-state index is 0.0714. The molecule has 7 heteroatoms. The van der Waals surface area contributed by atoms with Crippen molar-refractivity contribution in [3.63, 3.8) is 0 Å². The van der Waals surface area contributed by atoms with Crippen LogP contribution in [0.15, 0.2) is 29.6 Å². The van der Waals surface area contributed by atoms with E-state index in [1.165, 1.54) is 0 Å². The molecule has 0 fully saturated rings. The van der Waals surface area contributed by atoms with Crippen LogP contribution < -0.4 is 5.32 Å². The fourth-order valence-electron chi connectivity index (χ4n) is 1.34. The number of carbonyl (C=O) groups is 1. The molecule has 0 aliphatic rings. The molecule has 100 valence electrons. The quantitative estimate of drug-likeness (QED) is 0.914. The lowest BCUT2D eigenvalue weighted by Gasteiger charge is -2.02. The highest BCUT2D eigenvalue weighted by Crippen LogP contribution is 2.31. The number of thiazole rings is 1. The summed E-state index contributed by atoms with van der Waals surface area (Å²) in [7, 11) is 0. The SMILES string of the molecule is Cc1ccc(C(=O)Nc2nc(C(F)(F)F)cs2)cc1. The largest absolute Gasteiger partial charge is 0.434 e. The second kappa shape index (κ2) is 5.00. The molecular weight excluding hydrogens is 277 g/mol. The van der Waals surface area contributed by atoms with E-state index in [0.717, 1.165) is 22.3 Å². The van der Waals surface area contributed by atoms with Crippen LogP contribution in [-0.4, -0.2) is 10.9 Å². The third kappa shape index (κ3) is 3.31. The second-order valence-corrected chi connectivity index (χ2v) is 4.71. The Morgan fingerprint density at radius 1 is 1.26 bits per heavy atom. The zero-order valence-corrected chi connectivity index (χ0v) is 10.6. The van der Waals surface area contributed by atoms with Gasteiger partial charge in [-0.05, 0) is 19.1 Å². The molecule has 0 aliphatic heterocycles. The molecule has 1 heterocycles. The molecule has 0 unspecified atom stereocenters. The molecule has 0 atom stereocenters. The van der Waals surface area contributed by atoms with E-state index in [1.807, 2.05) is 6.92 Å². The molecule has 2 aromatic rings. The van der Waals surface area contributed by atoms with Crippen LogP contribution in [0.25, 0.3) is 0 Å². The first-order chi connectivity index (χ1) is 8.86. The third-order valence-electron chi connectivity index (χ3n) is 2.33. The van der Waals surface area contributed by atoms with Crippen molar-refractivity contribution in [1.82, 2.24) is 4.98 Å². The molecule has 0 bridgehead atoms. The molecule has 0 radical (unpaired) electrons. The van der Waals surface area contributed by atoms with Gasteiger partial charge < -0.3 is 0 Å². The molecule has 0 spiro atoms. The van der Waals surface area contributed by atoms with Gasteiger partial charge in [-0.25, -0.2) is 4.98 Å². The number of rotatable bonds is 2. The van der Waals surface area contributed by atoms with Gasteiger partial charge in [0.05, 0.1) is 0 Å². The van der Waals surface area contributed by atoms with Gasteiger partial charge in [0.25, 0.3) is 5.91 Å². The van der Waals surface area contributed by atoms with Gasteiger partial charge in [-0.2, -0.15) is 13.2 Å². The molecule has 0 saturated heterocycles. The van der Waals surface area contributed by atoms with Gasteiger partial charge in [-0.1, -0.05) is 17.7 Å². The molecule has 1 aromatic heterocycles. The average Bonchev–Trinajstić information content (AvgIpc) is 2.78. The number of carbonyl (C=O) groups excluding carboxylic acids is 1. The van der Waals surface area contributed by atoms with Crippen molar-refractivity contribution >= 4 is 22.4 Å². The maximum atomic E-state index is 12.3. The number of nitrogens with zero attached hydrogens (tertiary/aromatic N) is 1. The Kier molecular flexibility index (Phi) is 3.57. The minimum Gasteiger partial charge on any atom is -0.298 e. The maximum Gasteiger partial charge on any atom is 0.434 e. The Labute approximate surface area is 111 Å². The fraction of sp³-hybridized carbons (Fsp3) is 0.167. The molecule has 0 aliphatic carbocycles. The number of hydrogen-bond acceptors (Lipinski definition) is 3. The summed E-state index contributed by atoms with van der Waals surface area (Å²) in [6.07, 6.45) is -4.50. The first-order valence-corrected chi connectivity index (χ1v) is 6.15. The standard InChI is InChI=1S/C12H9F3N2OS/c1-7-2-4-8(5-3-7)10(18)17-11-16-9(6-19-11)12(13,14)15/h2-6H,1H3,(H,16,17,18). The topological polar surface area (TPSA) is 42.0 Å². The maximum absolute atomic E-state index is 12.3. The van der Waals surface area contributed by atoms with Gasteiger partial charge in [0.1, 0.15) is 0 Å². The van der Waals surface area contributed by atoms with Crippen LogP contribution >= 0.6 is 11.3 Å². The van der Waals surface area contributed by atoms with E-state index in [2.05, 4.69) is 10.3 Å². The zero-order valence-electron chi connectivity index (χ0n) is 9.78. The summed E-state index contributed by atoms with van der Waals surface area (Å²) in [5.74, 6) is -0.483. The van der Waals surface area contributed by atoms with E-state index in [9.17, 15) is 18.0 Å². The molecule has 3 nitrogen and oxygen atoms in total. The van der Waals surface area contributed by atoms with Crippen molar-refractivity contribution in [2.45, 2.75) is 13.1 Å². The number of alkyl halides is 3. The lowest BCUT2D eigenvalue weighted by Crippen LogP contribution is -2.12. The van der Waals surface area contributed by atoms with Gasteiger partial charge in [0.2, 0.25) is 0 Å². The lowest BCUT2D eigenvalue weighted by atomic mass is 10.1. The highest BCUT2D eigenvalue weighted by atomic mass is 32.1. The Morgan fingerprint density at radius 2 is 1.89 bits per heavy atom. The Balaban J connectivity index is 2.11. The van der Waals surface area contributed by atoms with Crippen molar-refractivity contribution in [1.29, 1.82) is 0 Å². The van der Waals surface area contributed by atoms with Crippen molar-refractivity contribution in [2.24, 2.45) is 0 Å². The fourth-order valence-corrected chi connectivity index (χ4v) is 2.05. The number of nitrogens with one attached hydrogen (secondary N) is 1. The van der Waals surface area contributed by atoms with Crippen LogP contribution in [0.4, 0.5) is 18.3 Å². The normalized spacial score (nSPS) is 11.4. The minimum atomic E-state index is -4.50. The molecule has 1 amide bonds. The van der Waals surface area contributed by atoms with Gasteiger partial charge in [0, 0.05) is 10.9 Å². The Morgan fingerprint density at radius 3 is 2.42 bits per heavy atom. The number of aromatic nitrogens is 1. The summed E-state index contributed by atoms with van der Waals surface area (Å²) in [6, 6.07) is 6.70. The smallest absolute Gasteiger partial charge is 0.298 e. The summed E-state index contributed by atoms with van der Waals surface area (Å²) in [6.45, 7) is 1.87. The third-order valence-corrected chi connectivity index (χ3v) is 3.09. The van der Waals surface area contributed by atoms with Crippen LogP contribution in [-0.2, 0) is 6.18 Å². The van der Waals surface area contributed by atoms with Gasteiger partial charge in [0.15, 0.2) is 10.8 Å².